The number of ether oxygens (including phenoxy) is 1. The second-order valence-electron chi connectivity index (χ2n) is 4.21. The molecule has 1 N–H and O–H groups in total. The van der Waals surface area contributed by atoms with E-state index < -0.39 is 17.5 Å². The molecule has 0 aliphatic heterocycles. The Labute approximate surface area is 106 Å². The first-order chi connectivity index (χ1) is 8.44. The zero-order valence-electron chi connectivity index (χ0n) is 10.4. The number of carbonyl (C=O) groups excluding carboxylic acids is 2. The molecule has 1 aromatic carbocycles. The van der Waals surface area contributed by atoms with Gasteiger partial charge in [-0.15, -0.1) is 6.42 Å². The number of hydrogen-bond donors (Lipinski definition) is 1. The number of benzene rings is 1. The highest BCUT2D eigenvalue weighted by atomic mass is 16.6. The summed E-state index contributed by atoms with van der Waals surface area (Å²) in [5, 5.41) is 2.46. The number of esters is 1. The van der Waals surface area contributed by atoms with Crippen LogP contribution in [-0.2, 0) is 20.9 Å². The monoisotopic (exact) mass is 245 g/mol. The van der Waals surface area contributed by atoms with Gasteiger partial charge in [0.1, 0.15) is 0 Å². The molecule has 1 amide bonds. The minimum absolute atomic E-state index is 0.269. The van der Waals surface area contributed by atoms with Crippen molar-refractivity contribution in [2.24, 2.45) is 0 Å². The molecule has 1 aromatic rings. The smallest absolute Gasteiger partial charge is 0.398 e. The van der Waals surface area contributed by atoms with E-state index in [0.29, 0.717) is 0 Å². The summed E-state index contributed by atoms with van der Waals surface area (Å²) < 4.78 is 4.85. The molecule has 0 aliphatic rings. The Morgan fingerprint density at radius 2 is 1.94 bits per heavy atom. The predicted molar refractivity (Wildman–Crippen MR) is 67.3 cm³/mol. The molecule has 94 valence electrons. The van der Waals surface area contributed by atoms with Crippen molar-refractivity contribution in [3.8, 4) is 12.3 Å². The van der Waals surface area contributed by atoms with Gasteiger partial charge in [0, 0.05) is 6.54 Å². The van der Waals surface area contributed by atoms with Crippen molar-refractivity contribution < 1.29 is 14.3 Å². The second kappa shape index (κ2) is 5.87. The van der Waals surface area contributed by atoms with Crippen LogP contribution in [0.3, 0.4) is 0 Å². The molecular formula is C14H15NO3. The van der Waals surface area contributed by atoms with Crippen molar-refractivity contribution >= 4 is 11.9 Å². The van der Waals surface area contributed by atoms with Gasteiger partial charge in [0.25, 0.3) is 0 Å². The first-order valence-corrected chi connectivity index (χ1v) is 5.47. The second-order valence-corrected chi connectivity index (χ2v) is 4.21. The van der Waals surface area contributed by atoms with E-state index in [4.69, 9.17) is 11.2 Å². The highest BCUT2D eigenvalue weighted by Gasteiger charge is 2.24. The molecule has 4 heteroatoms. The zero-order valence-corrected chi connectivity index (χ0v) is 10.4. The van der Waals surface area contributed by atoms with Gasteiger partial charge in [-0.05, 0) is 19.4 Å². The van der Waals surface area contributed by atoms with Gasteiger partial charge in [0.2, 0.25) is 0 Å². The zero-order chi connectivity index (χ0) is 13.6. The van der Waals surface area contributed by atoms with Crippen molar-refractivity contribution in [1.29, 1.82) is 0 Å². The lowest BCUT2D eigenvalue weighted by Crippen LogP contribution is -2.37. The fourth-order valence-electron chi connectivity index (χ4n) is 1.16. The molecule has 0 atom stereocenters. The van der Waals surface area contributed by atoms with Crippen LogP contribution in [0.5, 0.6) is 0 Å². The van der Waals surface area contributed by atoms with Crippen molar-refractivity contribution in [2.45, 2.75) is 26.0 Å². The highest BCUT2D eigenvalue weighted by molar-refractivity contribution is 6.32. The largest absolute Gasteiger partial charge is 0.439 e. The van der Waals surface area contributed by atoms with Crippen LogP contribution in [0.1, 0.15) is 19.4 Å². The highest BCUT2D eigenvalue weighted by Crippen LogP contribution is 2.07. The van der Waals surface area contributed by atoms with E-state index in [2.05, 4.69) is 11.2 Å². The Balaban J connectivity index is 2.47. The van der Waals surface area contributed by atoms with Crippen molar-refractivity contribution in [3.63, 3.8) is 0 Å². The molecule has 0 bridgehead atoms. The molecule has 4 nitrogen and oxygen atoms in total. The summed E-state index contributed by atoms with van der Waals surface area (Å²) in [6, 6.07) is 9.26. The molecule has 18 heavy (non-hydrogen) atoms. The molecule has 1 rings (SSSR count). The van der Waals surface area contributed by atoms with Crippen LogP contribution in [0.25, 0.3) is 0 Å². The molecule has 0 aromatic heterocycles. The lowest BCUT2D eigenvalue weighted by molar-refractivity contribution is -0.161. The number of nitrogens with one attached hydrogen (secondary N) is 1. The van der Waals surface area contributed by atoms with E-state index in [9.17, 15) is 9.59 Å². The maximum atomic E-state index is 11.5. The summed E-state index contributed by atoms with van der Waals surface area (Å²) in [4.78, 5) is 22.9. The maximum absolute atomic E-state index is 11.5. The Hall–Kier alpha value is -2.28. The van der Waals surface area contributed by atoms with E-state index in [0.717, 1.165) is 5.56 Å². The molecule has 0 radical (unpaired) electrons. The fourth-order valence-corrected chi connectivity index (χ4v) is 1.16. The van der Waals surface area contributed by atoms with E-state index in [1.54, 1.807) is 0 Å². The van der Waals surface area contributed by atoms with Gasteiger partial charge in [-0.25, -0.2) is 4.79 Å². The SMILES string of the molecule is C#CC(C)(C)OC(=O)C(=O)NCc1ccccc1. The van der Waals surface area contributed by atoms with Gasteiger partial charge < -0.3 is 10.1 Å². The summed E-state index contributed by atoms with van der Waals surface area (Å²) >= 11 is 0. The third-order valence-electron chi connectivity index (χ3n) is 2.18. The van der Waals surface area contributed by atoms with Crippen LogP contribution < -0.4 is 5.32 Å². The predicted octanol–water partition coefficient (Wildman–Crippen LogP) is 1.26. The first kappa shape index (κ1) is 13.8. The van der Waals surface area contributed by atoms with Crippen LogP contribution in [-0.4, -0.2) is 17.5 Å². The Morgan fingerprint density at radius 1 is 1.33 bits per heavy atom. The van der Waals surface area contributed by atoms with Crippen LogP contribution >= 0.6 is 0 Å². The Bertz CT molecular complexity index is 472. The quantitative estimate of drug-likeness (QED) is 0.495. The average molecular weight is 245 g/mol. The molecular weight excluding hydrogens is 230 g/mol. The standard InChI is InChI=1S/C14H15NO3/c1-4-14(2,3)18-13(17)12(16)15-10-11-8-6-5-7-9-11/h1,5-9H,10H2,2-3H3,(H,15,16). The van der Waals surface area contributed by atoms with E-state index >= 15 is 0 Å². The molecule has 0 fully saturated rings. The van der Waals surface area contributed by atoms with E-state index in [-0.39, 0.29) is 6.54 Å². The summed E-state index contributed by atoms with van der Waals surface area (Å²) in [6.45, 7) is 3.34. The van der Waals surface area contributed by atoms with Crippen molar-refractivity contribution in [3.05, 3.63) is 35.9 Å². The van der Waals surface area contributed by atoms with Gasteiger partial charge in [-0.3, -0.25) is 4.79 Å². The average Bonchev–Trinajstić information content (AvgIpc) is 2.36. The number of hydrogen-bond acceptors (Lipinski definition) is 3. The summed E-state index contributed by atoms with van der Waals surface area (Å²) in [5.41, 5.74) is -0.184. The van der Waals surface area contributed by atoms with Crippen LogP contribution in [0.2, 0.25) is 0 Å². The molecule has 0 saturated carbocycles. The van der Waals surface area contributed by atoms with Gasteiger partial charge in [0.05, 0.1) is 0 Å². The van der Waals surface area contributed by atoms with Crippen molar-refractivity contribution in [1.82, 2.24) is 5.32 Å². The maximum Gasteiger partial charge on any atom is 0.398 e. The van der Waals surface area contributed by atoms with Gasteiger partial charge in [0.15, 0.2) is 5.60 Å². The van der Waals surface area contributed by atoms with Gasteiger partial charge in [-0.1, -0.05) is 36.3 Å². The molecule has 0 saturated heterocycles. The number of carbonyl (C=O) groups is 2. The van der Waals surface area contributed by atoms with Crippen LogP contribution in [0.15, 0.2) is 30.3 Å². The molecule has 0 unspecified atom stereocenters. The summed E-state index contributed by atoms with van der Waals surface area (Å²) in [5.74, 6) is 0.496. The molecule has 0 aliphatic carbocycles. The third kappa shape index (κ3) is 4.30. The molecule has 0 spiro atoms. The van der Waals surface area contributed by atoms with Crippen LogP contribution in [0, 0.1) is 12.3 Å². The van der Waals surface area contributed by atoms with E-state index in [1.807, 2.05) is 30.3 Å². The minimum Gasteiger partial charge on any atom is -0.439 e. The van der Waals surface area contributed by atoms with Gasteiger partial charge in [-0.2, -0.15) is 0 Å². The lowest BCUT2D eigenvalue weighted by atomic mass is 10.1. The Morgan fingerprint density at radius 3 is 2.50 bits per heavy atom. The first-order valence-electron chi connectivity index (χ1n) is 5.47. The number of rotatable bonds is 3. The molecule has 0 heterocycles. The summed E-state index contributed by atoms with van der Waals surface area (Å²) in [6.07, 6.45) is 5.16. The fraction of sp³-hybridized carbons (Fsp3) is 0.286. The third-order valence-corrected chi connectivity index (χ3v) is 2.18. The number of amides is 1. The van der Waals surface area contributed by atoms with Crippen molar-refractivity contribution in [2.75, 3.05) is 0 Å². The lowest BCUT2D eigenvalue weighted by Gasteiger charge is -2.17. The van der Waals surface area contributed by atoms with E-state index in [1.165, 1.54) is 13.8 Å². The Kier molecular flexibility index (Phi) is 4.50. The number of terminal acetylenes is 1. The normalized spacial score (nSPS) is 10.3. The summed E-state index contributed by atoms with van der Waals surface area (Å²) in [7, 11) is 0. The van der Waals surface area contributed by atoms with Gasteiger partial charge >= 0.3 is 11.9 Å². The minimum atomic E-state index is -1.08. The van der Waals surface area contributed by atoms with Crippen LogP contribution in [0.4, 0.5) is 0 Å². The topological polar surface area (TPSA) is 55.4 Å².